The number of carbonyl (C=O) groups excluding carboxylic acids is 2. The van der Waals surface area contributed by atoms with Crippen molar-refractivity contribution in [2.24, 2.45) is 0 Å². The standard InChI is InChI=1S/C24H31FN2O3/c1-6-18(4)26-24(29)19(5)27(14-20-9-7-8-10-22(20)25)23(28)15-30-21-12-16(2)11-17(3)13-21/h7-13,18-19H,6,14-15H2,1-5H3,(H,26,29)/t18-,19+/m1/s1. The van der Waals surface area contributed by atoms with E-state index in [4.69, 9.17) is 4.74 Å². The van der Waals surface area contributed by atoms with Crippen LogP contribution in [0.2, 0.25) is 0 Å². The largest absolute Gasteiger partial charge is 0.484 e. The van der Waals surface area contributed by atoms with E-state index in [0.29, 0.717) is 11.3 Å². The van der Waals surface area contributed by atoms with Crippen LogP contribution in [0.1, 0.15) is 43.9 Å². The van der Waals surface area contributed by atoms with Crippen LogP contribution in [0.5, 0.6) is 5.75 Å². The minimum absolute atomic E-state index is 0.0168. The molecule has 0 bridgehead atoms. The van der Waals surface area contributed by atoms with Crippen molar-refractivity contribution in [3.63, 3.8) is 0 Å². The smallest absolute Gasteiger partial charge is 0.261 e. The number of ether oxygens (including phenoxy) is 1. The van der Waals surface area contributed by atoms with Gasteiger partial charge in [0, 0.05) is 18.2 Å². The van der Waals surface area contributed by atoms with Crippen molar-refractivity contribution in [2.45, 2.75) is 59.7 Å². The average molecular weight is 415 g/mol. The molecule has 2 atom stereocenters. The molecule has 0 aliphatic carbocycles. The van der Waals surface area contributed by atoms with Gasteiger partial charge in [-0.3, -0.25) is 9.59 Å². The molecule has 6 heteroatoms. The fourth-order valence-corrected chi connectivity index (χ4v) is 3.10. The second-order valence-electron chi connectivity index (χ2n) is 7.72. The Morgan fingerprint density at radius 3 is 2.33 bits per heavy atom. The summed E-state index contributed by atoms with van der Waals surface area (Å²) in [4.78, 5) is 27.0. The van der Waals surface area contributed by atoms with Gasteiger partial charge in [-0.1, -0.05) is 31.2 Å². The highest BCUT2D eigenvalue weighted by Gasteiger charge is 2.27. The molecular formula is C24H31FN2O3. The van der Waals surface area contributed by atoms with E-state index in [0.717, 1.165) is 17.5 Å². The van der Waals surface area contributed by atoms with Gasteiger partial charge in [-0.25, -0.2) is 4.39 Å². The molecule has 1 N–H and O–H groups in total. The van der Waals surface area contributed by atoms with E-state index >= 15 is 0 Å². The fraction of sp³-hybridized carbons (Fsp3) is 0.417. The van der Waals surface area contributed by atoms with Gasteiger partial charge in [-0.2, -0.15) is 0 Å². The quantitative estimate of drug-likeness (QED) is 0.671. The van der Waals surface area contributed by atoms with E-state index in [1.807, 2.05) is 45.9 Å². The predicted octanol–water partition coefficient (Wildman–Crippen LogP) is 4.15. The molecule has 0 fully saturated rings. The highest BCUT2D eigenvalue weighted by atomic mass is 19.1. The summed E-state index contributed by atoms with van der Waals surface area (Å²) in [5, 5.41) is 2.89. The normalized spacial score (nSPS) is 12.7. The summed E-state index contributed by atoms with van der Waals surface area (Å²) in [5.41, 5.74) is 2.41. The third-order valence-corrected chi connectivity index (χ3v) is 5.02. The zero-order valence-electron chi connectivity index (χ0n) is 18.4. The molecule has 2 aromatic carbocycles. The zero-order valence-corrected chi connectivity index (χ0v) is 18.4. The molecule has 30 heavy (non-hydrogen) atoms. The first-order valence-electron chi connectivity index (χ1n) is 10.3. The molecule has 0 radical (unpaired) electrons. The number of hydrogen-bond donors (Lipinski definition) is 1. The molecule has 0 unspecified atom stereocenters. The molecule has 5 nitrogen and oxygen atoms in total. The van der Waals surface area contributed by atoms with Crippen molar-refractivity contribution in [1.82, 2.24) is 10.2 Å². The third kappa shape index (κ3) is 6.58. The van der Waals surface area contributed by atoms with Crippen LogP contribution >= 0.6 is 0 Å². The minimum atomic E-state index is -0.769. The second-order valence-corrected chi connectivity index (χ2v) is 7.72. The number of aryl methyl sites for hydroxylation is 2. The minimum Gasteiger partial charge on any atom is -0.484 e. The Bertz CT molecular complexity index is 864. The molecule has 0 aliphatic heterocycles. The number of rotatable bonds is 9. The first-order valence-corrected chi connectivity index (χ1v) is 10.3. The predicted molar refractivity (Wildman–Crippen MR) is 116 cm³/mol. The van der Waals surface area contributed by atoms with E-state index in [1.54, 1.807) is 25.1 Å². The summed E-state index contributed by atoms with van der Waals surface area (Å²) in [5.74, 6) is -0.492. The van der Waals surface area contributed by atoms with Gasteiger partial charge < -0.3 is 15.0 Å². The lowest BCUT2D eigenvalue weighted by molar-refractivity contribution is -0.142. The number of hydrogen-bond acceptors (Lipinski definition) is 3. The van der Waals surface area contributed by atoms with Crippen LogP contribution in [0.3, 0.4) is 0 Å². The Morgan fingerprint density at radius 1 is 1.10 bits per heavy atom. The Morgan fingerprint density at radius 2 is 1.73 bits per heavy atom. The number of carbonyl (C=O) groups is 2. The van der Waals surface area contributed by atoms with Gasteiger partial charge in [-0.05, 0) is 63.4 Å². The second kappa shape index (κ2) is 10.8. The van der Waals surface area contributed by atoms with Crippen LogP contribution in [-0.4, -0.2) is 35.4 Å². The Kier molecular flexibility index (Phi) is 8.39. The third-order valence-electron chi connectivity index (χ3n) is 5.02. The molecule has 0 saturated heterocycles. The molecule has 0 spiro atoms. The van der Waals surface area contributed by atoms with Crippen molar-refractivity contribution in [3.8, 4) is 5.75 Å². The van der Waals surface area contributed by atoms with E-state index in [9.17, 15) is 14.0 Å². The number of nitrogens with one attached hydrogen (secondary N) is 1. The average Bonchev–Trinajstić information content (AvgIpc) is 2.70. The van der Waals surface area contributed by atoms with E-state index in [-0.39, 0.29) is 31.0 Å². The monoisotopic (exact) mass is 414 g/mol. The van der Waals surface area contributed by atoms with Crippen molar-refractivity contribution < 1.29 is 18.7 Å². The SMILES string of the molecule is CC[C@@H](C)NC(=O)[C@H](C)N(Cc1ccccc1F)C(=O)COc1cc(C)cc(C)c1. The summed E-state index contributed by atoms with van der Waals surface area (Å²) in [7, 11) is 0. The van der Waals surface area contributed by atoms with Gasteiger partial charge in [-0.15, -0.1) is 0 Å². The van der Waals surface area contributed by atoms with Crippen LogP contribution in [0.15, 0.2) is 42.5 Å². The van der Waals surface area contributed by atoms with Crippen LogP contribution in [0, 0.1) is 19.7 Å². The first-order chi connectivity index (χ1) is 14.2. The molecular weight excluding hydrogens is 383 g/mol. The number of amides is 2. The molecule has 0 aromatic heterocycles. The van der Waals surface area contributed by atoms with Gasteiger partial charge in [0.05, 0.1) is 0 Å². The maximum absolute atomic E-state index is 14.2. The molecule has 0 aliphatic rings. The lowest BCUT2D eigenvalue weighted by Crippen LogP contribution is -2.50. The number of halogens is 1. The summed E-state index contributed by atoms with van der Waals surface area (Å²) >= 11 is 0. The fourth-order valence-electron chi connectivity index (χ4n) is 3.10. The summed E-state index contributed by atoms with van der Waals surface area (Å²) in [6, 6.07) is 11.2. The topological polar surface area (TPSA) is 58.6 Å². The van der Waals surface area contributed by atoms with E-state index < -0.39 is 11.9 Å². The Labute approximate surface area is 178 Å². The maximum Gasteiger partial charge on any atom is 0.261 e. The Hall–Kier alpha value is -2.89. The van der Waals surface area contributed by atoms with Crippen LogP contribution in [0.25, 0.3) is 0 Å². The highest BCUT2D eigenvalue weighted by molar-refractivity contribution is 5.88. The van der Waals surface area contributed by atoms with Crippen molar-refractivity contribution in [2.75, 3.05) is 6.61 Å². The van der Waals surface area contributed by atoms with Crippen LogP contribution in [0.4, 0.5) is 4.39 Å². The maximum atomic E-state index is 14.2. The summed E-state index contributed by atoms with van der Waals surface area (Å²) < 4.78 is 19.9. The van der Waals surface area contributed by atoms with Gasteiger partial charge in [0.2, 0.25) is 5.91 Å². The van der Waals surface area contributed by atoms with Crippen LogP contribution in [-0.2, 0) is 16.1 Å². The first kappa shape index (κ1) is 23.4. The van der Waals surface area contributed by atoms with Crippen LogP contribution < -0.4 is 10.1 Å². The Balaban J connectivity index is 2.19. The van der Waals surface area contributed by atoms with E-state index in [1.165, 1.54) is 11.0 Å². The zero-order chi connectivity index (χ0) is 22.3. The van der Waals surface area contributed by atoms with Crippen molar-refractivity contribution in [3.05, 3.63) is 65.0 Å². The van der Waals surface area contributed by atoms with E-state index in [2.05, 4.69) is 5.32 Å². The summed E-state index contributed by atoms with van der Waals surface area (Å²) in [6.45, 7) is 9.16. The molecule has 0 heterocycles. The summed E-state index contributed by atoms with van der Waals surface area (Å²) in [6.07, 6.45) is 0.773. The van der Waals surface area contributed by atoms with Crippen molar-refractivity contribution in [1.29, 1.82) is 0 Å². The number of nitrogens with zero attached hydrogens (tertiary/aromatic N) is 1. The van der Waals surface area contributed by atoms with Gasteiger partial charge >= 0.3 is 0 Å². The number of benzene rings is 2. The van der Waals surface area contributed by atoms with Gasteiger partial charge in [0.1, 0.15) is 17.6 Å². The lowest BCUT2D eigenvalue weighted by atomic mass is 10.1. The molecule has 0 saturated carbocycles. The van der Waals surface area contributed by atoms with Gasteiger partial charge in [0.15, 0.2) is 6.61 Å². The molecule has 2 aromatic rings. The van der Waals surface area contributed by atoms with Gasteiger partial charge in [0.25, 0.3) is 5.91 Å². The molecule has 2 rings (SSSR count). The molecule has 162 valence electrons. The lowest BCUT2D eigenvalue weighted by Gasteiger charge is -2.29. The molecule has 2 amide bonds. The highest BCUT2D eigenvalue weighted by Crippen LogP contribution is 2.18. The van der Waals surface area contributed by atoms with Crippen molar-refractivity contribution >= 4 is 11.8 Å².